The number of aromatic nitrogens is 1. The summed E-state index contributed by atoms with van der Waals surface area (Å²) in [4.78, 5) is 29.9. The van der Waals surface area contributed by atoms with Crippen LogP contribution in [0.5, 0.6) is 0 Å². The minimum atomic E-state index is -1.82. The highest BCUT2D eigenvalue weighted by Gasteiger charge is 2.60. The second-order valence-electron chi connectivity index (χ2n) is 10.2. The van der Waals surface area contributed by atoms with E-state index in [-0.39, 0.29) is 13.2 Å². The molecular weight excluding hydrogens is 536 g/mol. The number of hydrogen-bond acceptors (Lipinski definition) is 4. The molecule has 2 atom stereocenters. The Morgan fingerprint density at radius 2 is 1.51 bits per heavy atom. The number of esters is 1. The van der Waals surface area contributed by atoms with Crippen molar-refractivity contribution in [2.24, 2.45) is 0 Å². The van der Waals surface area contributed by atoms with Gasteiger partial charge in [-0.2, -0.15) is 0 Å². The summed E-state index contributed by atoms with van der Waals surface area (Å²) < 4.78 is 7.38. The normalized spacial score (nSPS) is 17.0. The fraction of sp³-hybridized carbons (Fsp3) is 0.176. The third-order valence-electron chi connectivity index (χ3n) is 7.77. The Balaban J connectivity index is 1.62. The van der Waals surface area contributed by atoms with E-state index in [4.69, 9.17) is 16.3 Å². The van der Waals surface area contributed by atoms with Crippen molar-refractivity contribution < 1.29 is 19.4 Å². The Kier molecular flexibility index (Phi) is 7.12. The molecule has 0 saturated carbocycles. The Bertz CT molecular complexity index is 1730. The Hall–Kier alpha value is -4.39. The quantitative estimate of drug-likeness (QED) is 0.231. The van der Waals surface area contributed by atoms with Gasteiger partial charge in [0.05, 0.1) is 13.2 Å². The number of aliphatic hydroxyl groups excluding tert-OH is 1. The van der Waals surface area contributed by atoms with Crippen molar-refractivity contribution >= 4 is 40.1 Å². The summed E-state index contributed by atoms with van der Waals surface area (Å²) in [5, 5.41) is 13.1. The van der Waals surface area contributed by atoms with E-state index in [0.29, 0.717) is 28.4 Å². The number of carbonyl (C=O) groups excluding carboxylic acids is 2. The number of ether oxygens (including phenoxy) is 1. The van der Waals surface area contributed by atoms with Gasteiger partial charge in [-0.1, -0.05) is 90.5 Å². The zero-order valence-electron chi connectivity index (χ0n) is 22.5. The summed E-state index contributed by atoms with van der Waals surface area (Å²) in [6, 6.07) is 32.5. The molecule has 1 aromatic heterocycles. The molecule has 5 aromatic rings. The molecule has 2 heterocycles. The Morgan fingerprint density at radius 3 is 2.20 bits per heavy atom. The lowest BCUT2D eigenvalue weighted by atomic mass is 9.70. The van der Waals surface area contributed by atoms with Crippen LogP contribution in [0, 0.1) is 0 Å². The highest BCUT2D eigenvalue weighted by Crippen LogP contribution is 2.52. The van der Waals surface area contributed by atoms with Crippen LogP contribution in [-0.4, -0.2) is 34.3 Å². The molecule has 1 aliphatic rings. The molecular formula is C34H29ClN2O4. The smallest absolute Gasteiger partial charge is 0.336 e. The topological polar surface area (TPSA) is 71.8 Å². The maximum Gasteiger partial charge on any atom is 0.336 e. The highest BCUT2D eigenvalue weighted by atomic mass is 35.5. The van der Waals surface area contributed by atoms with Crippen molar-refractivity contribution in [3.05, 3.63) is 137 Å². The monoisotopic (exact) mass is 564 g/mol. The number of para-hydroxylation sites is 1. The molecule has 0 spiro atoms. The first kappa shape index (κ1) is 26.8. The van der Waals surface area contributed by atoms with Gasteiger partial charge in [0, 0.05) is 45.5 Å². The van der Waals surface area contributed by atoms with Gasteiger partial charge in [0.2, 0.25) is 5.91 Å². The summed E-state index contributed by atoms with van der Waals surface area (Å²) in [5.41, 5.74) is 2.65. The van der Waals surface area contributed by atoms with Gasteiger partial charge in [-0.05, 0) is 42.3 Å². The third-order valence-corrected chi connectivity index (χ3v) is 8.00. The maximum atomic E-state index is 14.9. The molecule has 0 aliphatic carbocycles. The van der Waals surface area contributed by atoms with Crippen LogP contribution in [0.25, 0.3) is 10.9 Å². The Labute approximate surface area is 243 Å². The van der Waals surface area contributed by atoms with Crippen molar-refractivity contribution in [2.75, 3.05) is 11.5 Å². The average Bonchev–Trinajstić information content (AvgIpc) is 3.46. The molecule has 0 radical (unpaired) electrons. The summed E-state index contributed by atoms with van der Waals surface area (Å²) in [5.74, 6) is -1.28. The van der Waals surface area contributed by atoms with E-state index in [1.807, 2.05) is 91.1 Å². The molecule has 7 heteroatoms. The summed E-state index contributed by atoms with van der Waals surface area (Å²) in [6.45, 7) is 2.53. The van der Waals surface area contributed by atoms with Crippen LogP contribution in [0.3, 0.4) is 0 Å². The van der Waals surface area contributed by atoms with Crippen molar-refractivity contribution in [3.63, 3.8) is 0 Å². The standard InChI is InChI=1S/C34H29ClN2O4/c1-2-41-32(39)31(38)34(28-22-36(20-23-11-5-3-6-12-23)29-16-10-9-15-26(28)29)27-19-25(35)17-18-30(27)37(33(34)40)21-24-13-7-4-8-14-24/h3-19,22,31,38H,2,20-21H2,1H3/t31-,34-/m1/s1. The molecule has 0 unspecified atom stereocenters. The number of fused-ring (bicyclic) bond motifs is 2. The molecule has 4 aromatic carbocycles. The van der Waals surface area contributed by atoms with Crippen molar-refractivity contribution in [2.45, 2.75) is 31.5 Å². The summed E-state index contributed by atoms with van der Waals surface area (Å²) in [6.07, 6.45) is 0.0678. The minimum absolute atomic E-state index is 0.0616. The van der Waals surface area contributed by atoms with Gasteiger partial charge in [0.15, 0.2) is 6.10 Å². The van der Waals surface area contributed by atoms with Gasteiger partial charge in [0.25, 0.3) is 0 Å². The van der Waals surface area contributed by atoms with Gasteiger partial charge < -0.3 is 19.3 Å². The van der Waals surface area contributed by atoms with E-state index in [0.717, 1.165) is 22.0 Å². The van der Waals surface area contributed by atoms with Crippen LogP contribution in [0.2, 0.25) is 5.02 Å². The van der Waals surface area contributed by atoms with Crippen molar-refractivity contribution in [1.29, 1.82) is 0 Å². The third kappa shape index (κ3) is 4.49. The molecule has 6 nitrogen and oxygen atoms in total. The zero-order chi connectivity index (χ0) is 28.6. The first-order chi connectivity index (χ1) is 19.9. The predicted molar refractivity (Wildman–Crippen MR) is 160 cm³/mol. The number of hydrogen-bond donors (Lipinski definition) is 1. The molecule has 1 aliphatic heterocycles. The summed E-state index contributed by atoms with van der Waals surface area (Å²) >= 11 is 6.54. The second-order valence-corrected chi connectivity index (χ2v) is 10.6. The molecule has 206 valence electrons. The van der Waals surface area contributed by atoms with Crippen LogP contribution in [0.1, 0.15) is 29.2 Å². The zero-order valence-corrected chi connectivity index (χ0v) is 23.3. The van der Waals surface area contributed by atoms with Gasteiger partial charge in [0.1, 0.15) is 5.41 Å². The number of carbonyl (C=O) groups is 2. The van der Waals surface area contributed by atoms with E-state index in [1.165, 1.54) is 0 Å². The van der Waals surface area contributed by atoms with E-state index in [9.17, 15) is 14.7 Å². The molecule has 1 amide bonds. The SMILES string of the molecule is CCOC(=O)[C@@H](O)[C@@]1(c2cn(Cc3ccccc3)c3ccccc23)C(=O)N(Cc2ccccc2)c2ccc(Cl)cc21. The van der Waals surface area contributed by atoms with Crippen LogP contribution in [-0.2, 0) is 32.8 Å². The lowest BCUT2D eigenvalue weighted by Crippen LogP contribution is -2.53. The molecule has 0 bridgehead atoms. The number of aliphatic hydroxyl groups is 1. The molecule has 0 saturated heterocycles. The lowest BCUT2D eigenvalue weighted by Gasteiger charge is -2.32. The van der Waals surface area contributed by atoms with E-state index in [2.05, 4.69) is 4.57 Å². The lowest BCUT2D eigenvalue weighted by molar-refractivity contribution is -0.158. The number of amides is 1. The van der Waals surface area contributed by atoms with Gasteiger partial charge in [-0.15, -0.1) is 0 Å². The number of benzene rings is 4. The number of rotatable bonds is 8. The van der Waals surface area contributed by atoms with Crippen LogP contribution < -0.4 is 4.90 Å². The fourth-order valence-electron chi connectivity index (χ4n) is 5.96. The first-order valence-electron chi connectivity index (χ1n) is 13.6. The highest BCUT2D eigenvalue weighted by molar-refractivity contribution is 6.31. The first-order valence-corrected chi connectivity index (χ1v) is 14.0. The van der Waals surface area contributed by atoms with Gasteiger partial charge >= 0.3 is 5.97 Å². The van der Waals surface area contributed by atoms with Crippen molar-refractivity contribution in [3.8, 4) is 0 Å². The van der Waals surface area contributed by atoms with Crippen molar-refractivity contribution in [1.82, 2.24) is 4.57 Å². The summed E-state index contributed by atoms with van der Waals surface area (Å²) in [7, 11) is 0. The molecule has 1 N–H and O–H groups in total. The van der Waals surface area contributed by atoms with Crippen LogP contribution in [0.4, 0.5) is 5.69 Å². The molecule has 0 fully saturated rings. The van der Waals surface area contributed by atoms with Gasteiger partial charge in [-0.25, -0.2) is 4.79 Å². The van der Waals surface area contributed by atoms with E-state index >= 15 is 0 Å². The van der Waals surface area contributed by atoms with E-state index in [1.54, 1.807) is 30.0 Å². The van der Waals surface area contributed by atoms with Crippen LogP contribution in [0.15, 0.2) is 109 Å². The molecule has 6 rings (SSSR count). The van der Waals surface area contributed by atoms with Crippen LogP contribution >= 0.6 is 11.6 Å². The largest absolute Gasteiger partial charge is 0.464 e. The van der Waals surface area contributed by atoms with Gasteiger partial charge in [-0.3, -0.25) is 4.79 Å². The number of nitrogens with zero attached hydrogens (tertiary/aromatic N) is 2. The number of anilines is 1. The second kappa shape index (κ2) is 10.9. The maximum absolute atomic E-state index is 14.9. The average molecular weight is 565 g/mol. The van der Waals surface area contributed by atoms with E-state index < -0.39 is 23.4 Å². The predicted octanol–water partition coefficient (Wildman–Crippen LogP) is 6.10. The number of halogens is 1. The minimum Gasteiger partial charge on any atom is -0.464 e. The fourth-order valence-corrected chi connectivity index (χ4v) is 6.13. The Morgan fingerprint density at radius 1 is 0.878 bits per heavy atom. The molecule has 41 heavy (non-hydrogen) atoms.